The molecule has 1 nitrogen and oxygen atoms in total. The Kier molecular flexibility index (Phi) is 3.30. The van der Waals surface area contributed by atoms with Crippen LogP contribution in [0.2, 0.25) is 0 Å². The van der Waals surface area contributed by atoms with Crippen LogP contribution in [0.3, 0.4) is 0 Å². The second-order valence-corrected chi connectivity index (χ2v) is 4.87. The van der Waals surface area contributed by atoms with Crippen molar-refractivity contribution in [3.05, 3.63) is 24.8 Å². The Bertz CT molecular complexity index is 254. The van der Waals surface area contributed by atoms with Crippen LogP contribution in [0.25, 0.3) is 0 Å². The zero-order chi connectivity index (χ0) is 10.8. The Morgan fingerprint density at radius 1 is 1.64 bits per heavy atom. The molecule has 1 heteroatoms. The van der Waals surface area contributed by atoms with Gasteiger partial charge in [-0.15, -0.1) is 13.2 Å². The maximum atomic E-state index is 11.3. The van der Waals surface area contributed by atoms with Crippen LogP contribution >= 0.6 is 0 Å². The Morgan fingerprint density at radius 3 is 2.71 bits per heavy atom. The van der Waals surface area contributed by atoms with Crippen molar-refractivity contribution >= 4 is 6.29 Å². The van der Waals surface area contributed by atoms with Crippen molar-refractivity contribution in [1.82, 2.24) is 0 Å². The van der Waals surface area contributed by atoms with Crippen LogP contribution in [-0.2, 0) is 4.79 Å². The van der Waals surface area contributed by atoms with E-state index in [4.69, 9.17) is 0 Å². The van der Waals surface area contributed by atoms with Gasteiger partial charge in [0.1, 0.15) is 6.29 Å². The van der Waals surface area contributed by atoms with Crippen LogP contribution in [0.5, 0.6) is 0 Å². The van der Waals surface area contributed by atoms with Gasteiger partial charge in [0.2, 0.25) is 0 Å². The van der Waals surface area contributed by atoms with Crippen molar-refractivity contribution < 1.29 is 4.79 Å². The molecule has 0 bridgehead atoms. The van der Waals surface area contributed by atoms with Crippen molar-refractivity contribution in [3.8, 4) is 0 Å². The average Bonchev–Trinajstić information content (AvgIpc) is 2.41. The Morgan fingerprint density at radius 2 is 2.29 bits per heavy atom. The first-order chi connectivity index (χ1) is 6.54. The van der Waals surface area contributed by atoms with Crippen LogP contribution in [0.1, 0.15) is 33.1 Å². The third-order valence-corrected chi connectivity index (χ3v) is 3.27. The summed E-state index contributed by atoms with van der Waals surface area (Å²) in [5, 5.41) is 0. The molecule has 0 heterocycles. The summed E-state index contributed by atoms with van der Waals surface area (Å²) in [6, 6.07) is 0. The molecule has 1 aliphatic rings. The van der Waals surface area contributed by atoms with Gasteiger partial charge in [0, 0.05) is 5.41 Å². The molecule has 0 saturated heterocycles. The van der Waals surface area contributed by atoms with Gasteiger partial charge in [-0.25, -0.2) is 0 Å². The van der Waals surface area contributed by atoms with Crippen LogP contribution in [0, 0.1) is 17.3 Å². The van der Waals surface area contributed by atoms with E-state index in [1.54, 1.807) is 0 Å². The predicted molar refractivity (Wildman–Crippen MR) is 60.0 cm³/mol. The van der Waals surface area contributed by atoms with Crippen molar-refractivity contribution in [1.29, 1.82) is 0 Å². The highest BCUT2D eigenvalue weighted by molar-refractivity contribution is 5.62. The van der Waals surface area contributed by atoms with E-state index >= 15 is 0 Å². The minimum Gasteiger partial charge on any atom is -0.303 e. The van der Waals surface area contributed by atoms with E-state index in [1.165, 1.54) is 0 Å². The lowest BCUT2D eigenvalue weighted by Crippen LogP contribution is -2.26. The summed E-state index contributed by atoms with van der Waals surface area (Å²) in [5.74, 6) is 0.967. The molecule has 1 aliphatic carbocycles. The molecule has 0 aliphatic heterocycles. The number of rotatable bonds is 4. The number of carbonyl (C=O) groups excluding carboxylic acids is 1. The molecule has 0 aromatic rings. The summed E-state index contributed by atoms with van der Waals surface area (Å²) in [6.07, 6.45) is 5.98. The van der Waals surface area contributed by atoms with Gasteiger partial charge < -0.3 is 4.79 Å². The van der Waals surface area contributed by atoms with Crippen LogP contribution in [0.4, 0.5) is 0 Å². The summed E-state index contributed by atoms with van der Waals surface area (Å²) in [6.45, 7) is 12.0. The normalized spacial score (nSPS) is 36.7. The van der Waals surface area contributed by atoms with Gasteiger partial charge in [0.05, 0.1) is 0 Å². The quantitative estimate of drug-likeness (QED) is 0.493. The molecule has 1 fully saturated rings. The molecule has 1 rings (SSSR count). The maximum absolute atomic E-state index is 11.3. The average molecular weight is 192 g/mol. The summed E-state index contributed by atoms with van der Waals surface area (Å²) in [5.41, 5.74) is 0.894. The van der Waals surface area contributed by atoms with E-state index in [-0.39, 0.29) is 5.41 Å². The molecule has 14 heavy (non-hydrogen) atoms. The van der Waals surface area contributed by atoms with Crippen molar-refractivity contribution in [2.75, 3.05) is 0 Å². The van der Waals surface area contributed by atoms with Crippen LogP contribution < -0.4 is 0 Å². The molecule has 0 N–H and O–H groups in total. The van der Waals surface area contributed by atoms with E-state index in [0.717, 1.165) is 31.1 Å². The van der Waals surface area contributed by atoms with E-state index in [2.05, 4.69) is 20.1 Å². The summed E-state index contributed by atoms with van der Waals surface area (Å²) in [7, 11) is 0. The monoisotopic (exact) mass is 192 g/mol. The largest absolute Gasteiger partial charge is 0.303 e. The van der Waals surface area contributed by atoms with Crippen LogP contribution in [-0.4, -0.2) is 6.29 Å². The molecule has 3 unspecified atom stereocenters. The van der Waals surface area contributed by atoms with Crippen molar-refractivity contribution in [3.63, 3.8) is 0 Å². The van der Waals surface area contributed by atoms with Crippen molar-refractivity contribution in [2.24, 2.45) is 17.3 Å². The molecule has 0 aromatic carbocycles. The minimum absolute atomic E-state index is 0.201. The third-order valence-electron chi connectivity index (χ3n) is 3.27. The number of hydrogen-bond acceptors (Lipinski definition) is 1. The minimum atomic E-state index is -0.201. The molecular formula is C13H20O. The first-order valence-corrected chi connectivity index (χ1v) is 5.27. The summed E-state index contributed by atoms with van der Waals surface area (Å²) < 4.78 is 0. The second kappa shape index (κ2) is 4.12. The fraction of sp³-hybridized carbons (Fsp3) is 0.615. The lowest BCUT2D eigenvalue weighted by atomic mass is 9.74. The highest BCUT2D eigenvalue weighted by atomic mass is 16.1. The molecule has 0 radical (unpaired) electrons. The fourth-order valence-electron chi connectivity index (χ4n) is 2.82. The lowest BCUT2D eigenvalue weighted by molar-refractivity contribution is -0.117. The Labute approximate surface area is 86.9 Å². The molecule has 1 saturated carbocycles. The highest BCUT2D eigenvalue weighted by Crippen LogP contribution is 2.49. The number of allylic oxidation sites excluding steroid dienone is 2. The molecule has 0 spiro atoms. The first kappa shape index (κ1) is 11.2. The molecule has 0 aromatic heterocycles. The summed E-state index contributed by atoms with van der Waals surface area (Å²) in [4.78, 5) is 11.3. The predicted octanol–water partition coefficient (Wildman–Crippen LogP) is 3.37. The van der Waals surface area contributed by atoms with Gasteiger partial charge >= 0.3 is 0 Å². The zero-order valence-corrected chi connectivity index (χ0v) is 9.25. The third kappa shape index (κ3) is 1.97. The first-order valence-electron chi connectivity index (χ1n) is 5.27. The van der Waals surface area contributed by atoms with Gasteiger partial charge in [-0.05, 0) is 38.0 Å². The number of aldehydes is 1. The molecule has 78 valence electrons. The standard InChI is InChI=1S/C13H20O/c1-5-12-6-11(4)8-13(12,9-14)7-10(2)3/h5,9,11-12H,1-2,6-8H2,3-4H3. The van der Waals surface area contributed by atoms with E-state index in [0.29, 0.717) is 11.8 Å². The second-order valence-electron chi connectivity index (χ2n) is 4.87. The Balaban J connectivity index is 2.90. The van der Waals surface area contributed by atoms with Gasteiger partial charge in [-0.1, -0.05) is 18.6 Å². The van der Waals surface area contributed by atoms with Gasteiger partial charge in [0.15, 0.2) is 0 Å². The SMILES string of the molecule is C=CC1CC(C)CC1(C=O)CC(=C)C. The zero-order valence-electron chi connectivity index (χ0n) is 9.25. The van der Waals surface area contributed by atoms with Gasteiger partial charge in [-0.3, -0.25) is 0 Å². The van der Waals surface area contributed by atoms with Crippen LogP contribution in [0.15, 0.2) is 24.8 Å². The Hall–Kier alpha value is -0.850. The smallest absolute Gasteiger partial charge is 0.127 e. The highest BCUT2D eigenvalue weighted by Gasteiger charge is 2.44. The fourth-order valence-corrected chi connectivity index (χ4v) is 2.82. The number of carbonyl (C=O) groups is 1. The van der Waals surface area contributed by atoms with Gasteiger partial charge in [0.25, 0.3) is 0 Å². The van der Waals surface area contributed by atoms with E-state index in [1.807, 2.05) is 13.0 Å². The van der Waals surface area contributed by atoms with Gasteiger partial charge in [-0.2, -0.15) is 0 Å². The molecule has 3 atom stereocenters. The van der Waals surface area contributed by atoms with E-state index in [9.17, 15) is 4.79 Å². The number of hydrogen-bond donors (Lipinski definition) is 0. The van der Waals surface area contributed by atoms with E-state index < -0.39 is 0 Å². The summed E-state index contributed by atoms with van der Waals surface area (Å²) >= 11 is 0. The molecular weight excluding hydrogens is 172 g/mol. The maximum Gasteiger partial charge on any atom is 0.127 e. The van der Waals surface area contributed by atoms with Crippen molar-refractivity contribution in [2.45, 2.75) is 33.1 Å². The topological polar surface area (TPSA) is 17.1 Å². The lowest BCUT2D eigenvalue weighted by Gasteiger charge is -2.28. The molecule has 0 amide bonds.